The maximum absolute atomic E-state index is 10.9. The van der Waals surface area contributed by atoms with Crippen LogP contribution in [0.1, 0.15) is 19.8 Å². The highest BCUT2D eigenvalue weighted by Gasteiger charge is 2.30. The highest BCUT2D eigenvalue weighted by atomic mass is 16.6. The van der Waals surface area contributed by atoms with Gasteiger partial charge in [0.2, 0.25) is 0 Å². The summed E-state index contributed by atoms with van der Waals surface area (Å²) in [6.45, 7) is 2.10. The smallest absolute Gasteiger partial charge is 0.335 e. The van der Waals surface area contributed by atoms with E-state index in [1.165, 1.54) is 0 Å². The molecule has 0 spiro atoms. The lowest BCUT2D eigenvalue weighted by molar-refractivity contribution is -0.164. The third-order valence-corrected chi connectivity index (χ3v) is 1.55. The molecule has 0 aromatic rings. The van der Waals surface area contributed by atoms with Crippen molar-refractivity contribution in [3.05, 3.63) is 0 Å². The summed E-state index contributed by atoms with van der Waals surface area (Å²) in [6.07, 6.45) is -0.266. The van der Waals surface area contributed by atoms with E-state index < -0.39 is 12.4 Å². The van der Waals surface area contributed by atoms with Crippen molar-refractivity contribution in [2.75, 3.05) is 6.61 Å². The van der Waals surface area contributed by atoms with E-state index in [0.29, 0.717) is 19.4 Å². The number of carbonyl (C=O) groups is 1. The average Bonchev–Trinajstić information content (AvgIpc) is 2.36. The van der Waals surface area contributed by atoms with Crippen molar-refractivity contribution < 1.29 is 19.4 Å². The van der Waals surface area contributed by atoms with Gasteiger partial charge in [0.15, 0.2) is 12.4 Å². The summed E-state index contributed by atoms with van der Waals surface area (Å²) in [6, 6.07) is 0. The standard InChI is InChI=1S/C7H12O4/c1-2-10-7(9)5-3-4-6(8)11-5/h5-6,8H,2-4H2,1H3/t5-,6?/m1/s1. The largest absolute Gasteiger partial charge is 0.464 e. The lowest BCUT2D eigenvalue weighted by Gasteiger charge is -2.08. The number of ether oxygens (including phenoxy) is 2. The van der Waals surface area contributed by atoms with Crippen molar-refractivity contribution in [2.45, 2.75) is 32.2 Å². The molecule has 1 rings (SSSR count). The Labute approximate surface area is 65.1 Å². The number of esters is 1. The summed E-state index contributed by atoms with van der Waals surface area (Å²) in [5.74, 6) is -0.371. The van der Waals surface area contributed by atoms with E-state index in [1.54, 1.807) is 6.92 Å². The van der Waals surface area contributed by atoms with Gasteiger partial charge in [0, 0.05) is 6.42 Å². The van der Waals surface area contributed by atoms with Crippen LogP contribution in [0.3, 0.4) is 0 Å². The minimum absolute atomic E-state index is 0.356. The topological polar surface area (TPSA) is 55.8 Å². The molecule has 0 amide bonds. The molecule has 1 saturated heterocycles. The summed E-state index contributed by atoms with van der Waals surface area (Å²) < 4.78 is 9.56. The first-order valence-corrected chi connectivity index (χ1v) is 3.74. The Morgan fingerprint density at radius 1 is 1.73 bits per heavy atom. The third kappa shape index (κ3) is 2.17. The van der Waals surface area contributed by atoms with Crippen LogP contribution >= 0.6 is 0 Å². The van der Waals surface area contributed by atoms with Crippen LogP contribution in [-0.2, 0) is 14.3 Å². The van der Waals surface area contributed by atoms with Gasteiger partial charge in [0.25, 0.3) is 0 Å². The Kier molecular flexibility index (Phi) is 2.84. The van der Waals surface area contributed by atoms with Gasteiger partial charge in [-0.05, 0) is 13.3 Å². The Bertz CT molecular complexity index is 145. The highest BCUT2D eigenvalue weighted by Crippen LogP contribution is 2.18. The zero-order valence-corrected chi connectivity index (χ0v) is 6.45. The minimum Gasteiger partial charge on any atom is -0.464 e. The van der Waals surface area contributed by atoms with Gasteiger partial charge in [0.05, 0.1) is 6.61 Å². The second kappa shape index (κ2) is 3.69. The van der Waals surface area contributed by atoms with Crippen LogP contribution in [-0.4, -0.2) is 30.1 Å². The van der Waals surface area contributed by atoms with Gasteiger partial charge < -0.3 is 14.6 Å². The summed E-state index contributed by atoms with van der Waals surface area (Å²) in [5.41, 5.74) is 0. The van der Waals surface area contributed by atoms with Crippen molar-refractivity contribution >= 4 is 5.97 Å². The molecule has 1 N–H and O–H groups in total. The van der Waals surface area contributed by atoms with Crippen molar-refractivity contribution in [3.63, 3.8) is 0 Å². The fourth-order valence-corrected chi connectivity index (χ4v) is 1.03. The number of aliphatic hydroxyl groups is 1. The molecule has 4 heteroatoms. The van der Waals surface area contributed by atoms with E-state index in [4.69, 9.17) is 14.6 Å². The summed E-state index contributed by atoms with van der Waals surface area (Å²) in [7, 11) is 0. The second-order valence-electron chi connectivity index (χ2n) is 2.41. The molecule has 11 heavy (non-hydrogen) atoms. The Morgan fingerprint density at radius 2 is 2.45 bits per heavy atom. The maximum Gasteiger partial charge on any atom is 0.335 e. The molecule has 64 valence electrons. The van der Waals surface area contributed by atoms with Crippen LogP contribution in [0.2, 0.25) is 0 Å². The fraction of sp³-hybridized carbons (Fsp3) is 0.857. The van der Waals surface area contributed by atoms with E-state index in [-0.39, 0.29) is 5.97 Å². The molecular formula is C7H12O4. The number of hydrogen-bond acceptors (Lipinski definition) is 4. The van der Waals surface area contributed by atoms with Gasteiger partial charge in [-0.15, -0.1) is 0 Å². The molecule has 1 unspecified atom stereocenters. The van der Waals surface area contributed by atoms with Crippen molar-refractivity contribution in [1.29, 1.82) is 0 Å². The van der Waals surface area contributed by atoms with Crippen LogP contribution in [0.5, 0.6) is 0 Å². The number of hydrogen-bond donors (Lipinski definition) is 1. The molecule has 1 fully saturated rings. The molecule has 0 aliphatic carbocycles. The SMILES string of the molecule is CCOC(=O)[C@H]1CCC(O)O1. The van der Waals surface area contributed by atoms with E-state index in [1.807, 2.05) is 0 Å². The second-order valence-corrected chi connectivity index (χ2v) is 2.41. The Hall–Kier alpha value is -0.610. The first kappa shape index (κ1) is 8.49. The highest BCUT2D eigenvalue weighted by molar-refractivity contribution is 5.74. The Balaban J connectivity index is 2.31. The van der Waals surface area contributed by atoms with Crippen molar-refractivity contribution in [3.8, 4) is 0 Å². The molecule has 1 aliphatic rings. The lowest BCUT2D eigenvalue weighted by Crippen LogP contribution is -2.23. The predicted octanol–water partition coefficient (Wildman–Crippen LogP) is 0.0469. The predicted molar refractivity (Wildman–Crippen MR) is 36.7 cm³/mol. The van der Waals surface area contributed by atoms with E-state index in [2.05, 4.69) is 0 Å². The molecule has 2 atom stereocenters. The Morgan fingerprint density at radius 3 is 2.91 bits per heavy atom. The van der Waals surface area contributed by atoms with Gasteiger partial charge >= 0.3 is 5.97 Å². The molecule has 0 aromatic carbocycles. The lowest BCUT2D eigenvalue weighted by atomic mass is 10.2. The van der Waals surface area contributed by atoms with Crippen LogP contribution in [0.25, 0.3) is 0 Å². The zero-order valence-electron chi connectivity index (χ0n) is 6.45. The number of rotatable bonds is 2. The van der Waals surface area contributed by atoms with Crippen LogP contribution in [0.4, 0.5) is 0 Å². The van der Waals surface area contributed by atoms with E-state index in [9.17, 15) is 4.79 Å². The zero-order chi connectivity index (χ0) is 8.27. The summed E-state index contributed by atoms with van der Waals surface area (Å²) >= 11 is 0. The monoisotopic (exact) mass is 160 g/mol. The molecule has 0 radical (unpaired) electrons. The van der Waals surface area contributed by atoms with Gasteiger partial charge in [-0.1, -0.05) is 0 Å². The van der Waals surface area contributed by atoms with E-state index >= 15 is 0 Å². The average molecular weight is 160 g/mol. The first-order chi connectivity index (χ1) is 5.24. The molecule has 4 nitrogen and oxygen atoms in total. The van der Waals surface area contributed by atoms with Crippen molar-refractivity contribution in [2.24, 2.45) is 0 Å². The summed E-state index contributed by atoms with van der Waals surface area (Å²) in [4.78, 5) is 10.9. The maximum atomic E-state index is 10.9. The summed E-state index contributed by atoms with van der Waals surface area (Å²) in [5, 5.41) is 8.89. The van der Waals surface area contributed by atoms with Gasteiger partial charge in [-0.25, -0.2) is 4.79 Å². The molecule has 0 aromatic heterocycles. The molecule has 1 aliphatic heterocycles. The minimum atomic E-state index is -0.788. The number of carbonyl (C=O) groups excluding carboxylic acids is 1. The van der Waals surface area contributed by atoms with Gasteiger partial charge in [-0.2, -0.15) is 0 Å². The molecular weight excluding hydrogens is 148 g/mol. The fourth-order valence-electron chi connectivity index (χ4n) is 1.03. The van der Waals surface area contributed by atoms with Crippen molar-refractivity contribution in [1.82, 2.24) is 0 Å². The molecule has 1 heterocycles. The van der Waals surface area contributed by atoms with Crippen LogP contribution in [0.15, 0.2) is 0 Å². The van der Waals surface area contributed by atoms with E-state index in [0.717, 1.165) is 0 Å². The van der Waals surface area contributed by atoms with Crippen LogP contribution < -0.4 is 0 Å². The van der Waals surface area contributed by atoms with Gasteiger partial charge in [-0.3, -0.25) is 0 Å². The van der Waals surface area contributed by atoms with Gasteiger partial charge in [0.1, 0.15) is 0 Å². The molecule has 0 saturated carbocycles. The number of aliphatic hydroxyl groups excluding tert-OH is 1. The quantitative estimate of drug-likeness (QED) is 0.580. The normalized spacial score (nSPS) is 30.4. The van der Waals surface area contributed by atoms with Crippen LogP contribution in [0, 0.1) is 0 Å². The third-order valence-electron chi connectivity index (χ3n) is 1.55. The first-order valence-electron chi connectivity index (χ1n) is 3.74. The molecule has 0 bridgehead atoms.